The number of Topliss-reactive ketones (excluding diaryl/α,β-unsaturated/α-hetero) is 1. The molecule has 6 N–H and O–H groups in total. The van der Waals surface area contributed by atoms with Crippen molar-refractivity contribution >= 4 is 11.5 Å². The molecule has 0 aliphatic carbocycles. The third-order valence-corrected chi connectivity index (χ3v) is 8.27. The zero-order valence-corrected chi connectivity index (χ0v) is 24.0. The summed E-state index contributed by atoms with van der Waals surface area (Å²) in [6.07, 6.45) is 10.2. The number of ketones is 1. The molecule has 0 amide bonds. The van der Waals surface area contributed by atoms with Crippen molar-refractivity contribution in [3.05, 3.63) is 82.2 Å². The number of phenolic OH excluding ortho intramolecular Hbond substituents is 1. The minimum absolute atomic E-state index is 0.0596. The second-order valence-electron chi connectivity index (χ2n) is 11.4. The molecule has 0 spiro atoms. The molecule has 3 aliphatic rings. The molecule has 0 fully saturated rings. The molecule has 5 rings (SSSR count). The first-order valence-electron chi connectivity index (χ1n) is 15.0. The van der Waals surface area contributed by atoms with Crippen molar-refractivity contribution in [1.82, 2.24) is 5.32 Å². The average molecular weight is 560 g/mol. The Balaban J connectivity index is 1.14. The molecular formula is C33H43N4O4+. The summed E-state index contributed by atoms with van der Waals surface area (Å²) in [4.78, 5) is 18.2. The summed E-state index contributed by atoms with van der Waals surface area (Å²) in [6.45, 7) is 4.09. The number of aryl methyl sites for hydroxylation is 1. The Labute approximate surface area is 242 Å². The van der Waals surface area contributed by atoms with Crippen LogP contribution >= 0.6 is 0 Å². The SMILES string of the molecule is CCCCC[C@@H](O)CC(=O)CCc1ccc(O)c(OC[NH+]2C=C3C(Cc4cccc5c4CCN[C@H]5N)=CN=C3C2)c1. The van der Waals surface area contributed by atoms with E-state index >= 15 is 0 Å². The lowest BCUT2D eigenvalue weighted by Gasteiger charge is -2.26. The molecule has 0 aromatic heterocycles. The van der Waals surface area contributed by atoms with Gasteiger partial charge in [-0.1, -0.05) is 50.5 Å². The summed E-state index contributed by atoms with van der Waals surface area (Å²) in [5.74, 6) is 0.554. The number of ether oxygens (including phenoxy) is 1. The number of hydrogen-bond acceptors (Lipinski definition) is 7. The van der Waals surface area contributed by atoms with Crippen molar-refractivity contribution in [2.24, 2.45) is 10.7 Å². The molecule has 3 heterocycles. The zero-order valence-electron chi connectivity index (χ0n) is 24.0. The van der Waals surface area contributed by atoms with E-state index in [9.17, 15) is 15.0 Å². The van der Waals surface area contributed by atoms with Gasteiger partial charge in [0.25, 0.3) is 0 Å². The van der Waals surface area contributed by atoms with Crippen LogP contribution in [0.1, 0.15) is 73.9 Å². The Bertz CT molecular complexity index is 1350. The molecule has 3 atom stereocenters. The highest BCUT2D eigenvalue weighted by molar-refractivity contribution is 6.08. The molecule has 41 heavy (non-hydrogen) atoms. The maximum Gasteiger partial charge on any atom is 0.227 e. The van der Waals surface area contributed by atoms with Gasteiger partial charge in [0, 0.05) is 32.0 Å². The molecule has 2 aromatic rings. The summed E-state index contributed by atoms with van der Waals surface area (Å²) in [5.41, 5.74) is 14.5. The van der Waals surface area contributed by atoms with E-state index in [1.165, 1.54) is 27.8 Å². The second-order valence-corrected chi connectivity index (χ2v) is 11.4. The summed E-state index contributed by atoms with van der Waals surface area (Å²) in [7, 11) is 0. The van der Waals surface area contributed by atoms with Crippen molar-refractivity contribution in [3.8, 4) is 11.5 Å². The maximum absolute atomic E-state index is 12.4. The maximum atomic E-state index is 12.4. The normalized spacial score (nSPS) is 20.1. The Morgan fingerprint density at radius 2 is 2.15 bits per heavy atom. The van der Waals surface area contributed by atoms with E-state index in [-0.39, 0.29) is 24.1 Å². The molecule has 1 unspecified atom stereocenters. The first kappa shape index (κ1) is 29.2. The lowest BCUT2D eigenvalue weighted by atomic mass is 9.89. The van der Waals surface area contributed by atoms with Gasteiger partial charge in [-0.05, 0) is 59.2 Å². The number of carbonyl (C=O) groups excluding carboxylic acids is 1. The van der Waals surface area contributed by atoms with Gasteiger partial charge < -0.3 is 20.7 Å². The van der Waals surface area contributed by atoms with Crippen LogP contribution in [0.2, 0.25) is 0 Å². The van der Waals surface area contributed by atoms with E-state index in [1.807, 2.05) is 18.3 Å². The van der Waals surface area contributed by atoms with Crippen LogP contribution in [0.3, 0.4) is 0 Å². The smallest absolute Gasteiger partial charge is 0.227 e. The number of allylic oxidation sites excluding steroid dienone is 1. The van der Waals surface area contributed by atoms with E-state index in [2.05, 4.69) is 36.6 Å². The highest BCUT2D eigenvalue weighted by atomic mass is 16.5. The highest BCUT2D eigenvalue weighted by Gasteiger charge is 2.31. The minimum atomic E-state index is -0.557. The number of fused-ring (bicyclic) bond motifs is 2. The quantitative estimate of drug-likeness (QED) is 0.227. The van der Waals surface area contributed by atoms with Gasteiger partial charge in [0.2, 0.25) is 6.73 Å². The van der Waals surface area contributed by atoms with E-state index in [1.54, 1.807) is 6.07 Å². The van der Waals surface area contributed by atoms with Gasteiger partial charge in [-0.15, -0.1) is 0 Å². The van der Waals surface area contributed by atoms with E-state index in [0.717, 1.165) is 61.4 Å². The van der Waals surface area contributed by atoms with Crippen LogP contribution in [-0.4, -0.2) is 47.6 Å². The molecule has 3 aliphatic heterocycles. The Kier molecular flexibility index (Phi) is 9.67. The number of nitrogens with one attached hydrogen (secondary N) is 2. The number of rotatable bonds is 14. The molecule has 0 radical (unpaired) electrons. The number of aromatic hydroxyl groups is 1. The van der Waals surface area contributed by atoms with Gasteiger partial charge in [0.05, 0.1) is 17.8 Å². The van der Waals surface area contributed by atoms with Gasteiger partial charge in [0.1, 0.15) is 24.2 Å². The predicted molar refractivity (Wildman–Crippen MR) is 160 cm³/mol. The highest BCUT2D eigenvalue weighted by Crippen LogP contribution is 2.30. The van der Waals surface area contributed by atoms with Crippen LogP contribution < -0.4 is 20.7 Å². The fraction of sp³-hybridized carbons (Fsp3) is 0.455. The van der Waals surface area contributed by atoms with Gasteiger partial charge in [-0.2, -0.15) is 0 Å². The number of aliphatic hydroxyl groups excluding tert-OH is 1. The third kappa shape index (κ3) is 7.32. The Morgan fingerprint density at radius 3 is 3.00 bits per heavy atom. The molecule has 2 aromatic carbocycles. The predicted octanol–water partition coefficient (Wildman–Crippen LogP) is 3.03. The molecule has 0 saturated heterocycles. The summed E-state index contributed by atoms with van der Waals surface area (Å²) < 4.78 is 6.04. The van der Waals surface area contributed by atoms with Crippen LogP contribution in [0.5, 0.6) is 11.5 Å². The summed E-state index contributed by atoms with van der Waals surface area (Å²) in [6, 6.07) is 11.6. The average Bonchev–Trinajstić information content (AvgIpc) is 3.54. The number of nitrogens with zero attached hydrogens (tertiary/aromatic N) is 1. The monoisotopic (exact) mass is 559 g/mol. The van der Waals surface area contributed by atoms with E-state index < -0.39 is 6.10 Å². The van der Waals surface area contributed by atoms with E-state index in [0.29, 0.717) is 31.7 Å². The largest absolute Gasteiger partial charge is 0.504 e. The fourth-order valence-electron chi connectivity index (χ4n) is 5.97. The number of quaternary nitrogens is 1. The zero-order chi connectivity index (χ0) is 28.8. The van der Waals surface area contributed by atoms with Crippen LogP contribution in [0.15, 0.2) is 64.9 Å². The molecule has 218 valence electrons. The summed E-state index contributed by atoms with van der Waals surface area (Å²) in [5, 5.41) is 23.8. The number of carbonyl (C=O) groups is 1. The number of hydrogen-bond donors (Lipinski definition) is 5. The van der Waals surface area contributed by atoms with Crippen LogP contribution in [-0.2, 0) is 24.1 Å². The fourth-order valence-corrected chi connectivity index (χ4v) is 5.97. The molecule has 8 heteroatoms. The van der Waals surface area contributed by atoms with Gasteiger partial charge in [0.15, 0.2) is 11.5 Å². The first-order valence-corrected chi connectivity index (χ1v) is 15.0. The molecule has 0 saturated carbocycles. The number of aliphatic imine (C=N–C) groups is 1. The van der Waals surface area contributed by atoms with Crippen LogP contribution in [0.4, 0.5) is 0 Å². The summed E-state index contributed by atoms with van der Waals surface area (Å²) >= 11 is 0. The topological polar surface area (TPSA) is 122 Å². The molecular weight excluding hydrogens is 516 g/mol. The number of phenols is 1. The van der Waals surface area contributed by atoms with Crippen molar-refractivity contribution in [1.29, 1.82) is 0 Å². The van der Waals surface area contributed by atoms with Crippen LogP contribution in [0.25, 0.3) is 0 Å². The van der Waals surface area contributed by atoms with Gasteiger partial charge in [-0.25, -0.2) is 0 Å². The molecule has 0 bridgehead atoms. The first-order chi connectivity index (χ1) is 19.9. The lowest BCUT2D eigenvalue weighted by Crippen LogP contribution is -3.07. The Hall–Kier alpha value is -3.30. The number of benzene rings is 2. The lowest BCUT2D eigenvalue weighted by molar-refractivity contribution is -0.851. The third-order valence-electron chi connectivity index (χ3n) is 8.27. The van der Waals surface area contributed by atoms with Crippen molar-refractivity contribution < 1.29 is 24.6 Å². The van der Waals surface area contributed by atoms with Crippen molar-refractivity contribution in [2.75, 3.05) is 19.8 Å². The number of nitrogens with two attached hydrogens (primary N) is 1. The van der Waals surface area contributed by atoms with Crippen molar-refractivity contribution in [2.45, 2.75) is 77.0 Å². The van der Waals surface area contributed by atoms with E-state index in [4.69, 9.17) is 15.5 Å². The number of unbranched alkanes of at least 4 members (excludes halogenated alkanes) is 2. The number of aliphatic hydroxyl groups is 1. The Morgan fingerprint density at radius 1 is 1.27 bits per heavy atom. The minimum Gasteiger partial charge on any atom is -0.504 e. The van der Waals surface area contributed by atoms with Crippen LogP contribution in [0, 0.1) is 0 Å². The van der Waals surface area contributed by atoms with Gasteiger partial charge >= 0.3 is 0 Å². The van der Waals surface area contributed by atoms with Crippen molar-refractivity contribution in [3.63, 3.8) is 0 Å². The second kappa shape index (κ2) is 13.6. The van der Waals surface area contributed by atoms with Gasteiger partial charge in [-0.3, -0.25) is 20.0 Å². The standard InChI is InChI=1S/C33H42N4O4/c1-2-3-4-7-25(38)17-26(39)11-9-22-10-12-31(40)32(15-22)41-21-37-19-29-24(18-36-30(29)20-37)16-23-6-5-8-28-27(23)13-14-35-33(28)34/h5-6,8,10,12,15,18-19,25,33,35,38,40H,2-4,7,9,11,13-14,16-17,20-21,34H2,1H3/p+1/t25-,33-/m1/s1. The molecule has 8 nitrogen and oxygen atoms in total.